The van der Waals surface area contributed by atoms with Gasteiger partial charge in [0.25, 0.3) is 10.0 Å². The van der Waals surface area contributed by atoms with E-state index in [0.29, 0.717) is 5.65 Å². The molecule has 92 valence electrons. The third-order valence-corrected chi connectivity index (χ3v) is 3.54. The number of primary sulfonamides is 1. The smallest absolute Gasteiger partial charge is 0.223 e. The van der Waals surface area contributed by atoms with Gasteiger partial charge in [-0.2, -0.15) is 9.61 Å². The molecular weight excluding hydrogens is 264 g/mol. The highest BCUT2D eigenvalue weighted by Gasteiger charge is 2.21. The van der Waals surface area contributed by atoms with Gasteiger partial charge in [0.05, 0.1) is 6.20 Å². The van der Waals surface area contributed by atoms with Crippen LogP contribution >= 0.6 is 11.6 Å². The number of aromatic nitrogens is 3. The topological polar surface area (TPSA) is 90.4 Å². The van der Waals surface area contributed by atoms with E-state index in [9.17, 15) is 8.42 Å². The summed E-state index contributed by atoms with van der Waals surface area (Å²) in [5, 5.41) is 8.61. The van der Waals surface area contributed by atoms with Crippen molar-refractivity contribution in [1.29, 1.82) is 0 Å². The van der Waals surface area contributed by atoms with Crippen LogP contribution < -0.4 is 5.14 Å². The van der Waals surface area contributed by atoms with Crippen molar-refractivity contribution in [2.45, 2.75) is 24.8 Å². The molecule has 8 heteroatoms. The molecule has 0 atom stereocenters. The van der Waals surface area contributed by atoms with Crippen molar-refractivity contribution < 1.29 is 8.42 Å². The van der Waals surface area contributed by atoms with Gasteiger partial charge in [0, 0.05) is 0 Å². The van der Waals surface area contributed by atoms with Crippen LogP contribution in [0.3, 0.4) is 0 Å². The van der Waals surface area contributed by atoms with E-state index in [1.54, 1.807) is 12.3 Å². The molecule has 0 aliphatic heterocycles. The summed E-state index contributed by atoms with van der Waals surface area (Å²) in [6, 6.07) is 1.75. The van der Waals surface area contributed by atoms with Gasteiger partial charge in [0.1, 0.15) is 0 Å². The van der Waals surface area contributed by atoms with E-state index in [1.807, 2.05) is 6.92 Å². The Morgan fingerprint density at radius 2 is 2.24 bits per heavy atom. The quantitative estimate of drug-likeness (QED) is 0.903. The lowest BCUT2D eigenvalue weighted by molar-refractivity contribution is 0.589. The Kier molecular flexibility index (Phi) is 3.07. The SMILES string of the molecule is CCCc1cnn2c(S(N)(=O)=O)c(Cl)nc2c1. The van der Waals surface area contributed by atoms with Gasteiger partial charge >= 0.3 is 0 Å². The molecule has 0 radical (unpaired) electrons. The number of nitrogens with two attached hydrogens (primary N) is 1. The Morgan fingerprint density at radius 1 is 1.53 bits per heavy atom. The van der Waals surface area contributed by atoms with Crippen LogP contribution in [0, 0.1) is 0 Å². The van der Waals surface area contributed by atoms with Crippen LogP contribution in [0.15, 0.2) is 17.3 Å². The van der Waals surface area contributed by atoms with Gasteiger partial charge < -0.3 is 0 Å². The Hall–Kier alpha value is -1.18. The van der Waals surface area contributed by atoms with Crippen molar-refractivity contribution in [3.8, 4) is 0 Å². The van der Waals surface area contributed by atoms with Crippen LogP contribution in [0.25, 0.3) is 5.65 Å². The first-order valence-corrected chi connectivity index (χ1v) is 6.92. The second kappa shape index (κ2) is 4.25. The molecule has 17 heavy (non-hydrogen) atoms. The summed E-state index contributed by atoms with van der Waals surface area (Å²) in [4.78, 5) is 3.93. The lowest BCUT2D eigenvalue weighted by atomic mass is 10.2. The number of fused-ring (bicyclic) bond motifs is 1. The first-order chi connectivity index (χ1) is 7.93. The van der Waals surface area contributed by atoms with Crippen LogP contribution in [0.1, 0.15) is 18.9 Å². The molecular formula is C9H11ClN4O2S. The largest absolute Gasteiger partial charge is 0.258 e. The molecule has 0 aliphatic rings. The van der Waals surface area contributed by atoms with Crippen LogP contribution in [0.2, 0.25) is 5.15 Å². The van der Waals surface area contributed by atoms with Gasteiger partial charge in [-0.15, -0.1) is 0 Å². The number of nitrogens with zero attached hydrogens (tertiary/aromatic N) is 3. The molecule has 0 aromatic carbocycles. The zero-order chi connectivity index (χ0) is 12.6. The number of sulfonamides is 1. The van der Waals surface area contributed by atoms with Gasteiger partial charge in [-0.3, -0.25) is 0 Å². The molecule has 0 aliphatic carbocycles. The molecule has 2 aromatic rings. The molecule has 0 spiro atoms. The van der Waals surface area contributed by atoms with Crippen molar-refractivity contribution in [1.82, 2.24) is 14.6 Å². The molecule has 0 saturated heterocycles. The number of rotatable bonds is 3. The average Bonchev–Trinajstić information content (AvgIpc) is 2.52. The minimum Gasteiger partial charge on any atom is -0.223 e. The van der Waals surface area contributed by atoms with E-state index in [0.717, 1.165) is 22.9 Å². The van der Waals surface area contributed by atoms with E-state index in [-0.39, 0.29) is 10.2 Å². The summed E-state index contributed by atoms with van der Waals surface area (Å²) in [7, 11) is -3.94. The number of hydrogen-bond donors (Lipinski definition) is 1. The number of hydrogen-bond acceptors (Lipinski definition) is 4. The summed E-state index contributed by atoms with van der Waals surface area (Å²) in [6.45, 7) is 2.04. The Labute approximate surface area is 103 Å². The van der Waals surface area contributed by atoms with E-state index >= 15 is 0 Å². The summed E-state index contributed by atoms with van der Waals surface area (Å²) < 4.78 is 23.8. The normalized spacial score (nSPS) is 12.2. The van der Waals surface area contributed by atoms with Crippen LogP contribution in [-0.2, 0) is 16.4 Å². The lowest BCUT2D eigenvalue weighted by Gasteiger charge is -2.00. The zero-order valence-electron chi connectivity index (χ0n) is 9.09. The average molecular weight is 275 g/mol. The van der Waals surface area contributed by atoms with Crippen molar-refractivity contribution in [2.24, 2.45) is 5.14 Å². The maximum atomic E-state index is 11.3. The third kappa shape index (κ3) is 2.26. The van der Waals surface area contributed by atoms with E-state index in [4.69, 9.17) is 16.7 Å². The monoisotopic (exact) mass is 274 g/mol. The number of aryl methyl sites for hydroxylation is 1. The minimum atomic E-state index is -3.94. The zero-order valence-corrected chi connectivity index (χ0v) is 10.7. The second-order valence-corrected chi connectivity index (χ2v) is 5.47. The summed E-state index contributed by atoms with van der Waals surface area (Å²) in [5.41, 5.74) is 1.35. The van der Waals surface area contributed by atoms with Gasteiger partial charge in [0.2, 0.25) is 5.03 Å². The van der Waals surface area contributed by atoms with Gasteiger partial charge in [-0.25, -0.2) is 18.5 Å². The molecule has 2 rings (SSSR count). The van der Waals surface area contributed by atoms with Crippen LogP contribution in [-0.4, -0.2) is 23.0 Å². The minimum absolute atomic E-state index is 0.159. The molecule has 0 saturated carbocycles. The predicted octanol–water partition coefficient (Wildman–Crippen LogP) is 0.983. The molecule has 0 unspecified atom stereocenters. The highest BCUT2D eigenvalue weighted by Crippen LogP contribution is 2.21. The first-order valence-electron chi connectivity index (χ1n) is 4.99. The van der Waals surface area contributed by atoms with E-state index in [1.165, 1.54) is 0 Å². The predicted molar refractivity (Wildman–Crippen MR) is 63.4 cm³/mol. The number of imidazole rings is 1. The summed E-state index contributed by atoms with van der Waals surface area (Å²) >= 11 is 5.75. The van der Waals surface area contributed by atoms with Crippen LogP contribution in [0.4, 0.5) is 0 Å². The fourth-order valence-corrected chi connectivity index (χ4v) is 2.74. The summed E-state index contributed by atoms with van der Waals surface area (Å²) in [6.07, 6.45) is 3.40. The number of halogens is 1. The molecule has 0 amide bonds. The maximum absolute atomic E-state index is 11.3. The van der Waals surface area contributed by atoms with Gasteiger partial charge in [-0.1, -0.05) is 24.9 Å². The Morgan fingerprint density at radius 3 is 2.82 bits per heavy atom. The fourth-order valence-electron chi connectivity index (χ4n) is 1.59. The first kappa shape index (κ1) is 12.3. The lowest BCUT2D eigenvalue weighted by Crippen LogP contribution is -2.16. The molecule has 2 aromatic heterocycles. The Balaban J connectivity index is 2.69. The van der Waals surface area contributed by atoms with Crippen molar-refractivity contribution in [3.05, 3.63) is 23.0 Å². The van der Waals surface area contributed by atoms with Gasteiger partial charge in [0.15, 0.2) is 10.8 Å². The molecule has 2 N–H and O–H groups in total. The second-order valence-electron chi connectivity index (χ2n) is 3.64. The highest BCUT2D eigenvalue weighted by molar-refractivity contribution is 7.89. The van der Waals surface area contributed by atoms with Gasteiger partial charge in [-0.05, 0) is 18.1 Å². The third-order valence-electron chi connectivity index (χ3n) is 2.26. The summed E-state index contributed by atoms with van der Waals surface area (Å²) in [5.74, 6) is 0. The standard InChI is InChI=1S/C9H11ClN4O2S/c1-2-3-6-4-7-13-8(10)9(17(11,15)16)14(7)12-5-6/h4-5H,2-3H2,1H3,(H2,11,15,16). The van der Waals surface area contributed by atoms with E-state index in [2.05, 4.69) is 10.1 Å². The Bertz CT molecular complexity index is 665. The van der Waals surface area contributed by atoms with E-state index < -0.39 is 10.0 Å². The van der Waals surface area contributed by atoms with Crippen molar-refractivity contribution >= 4 is 27.3 Å². The molecule has 0 bridgehead atoms. The van der Waals surface area contributed by atoms with Crippen molar-refractivity contribution in [3.63, 3.8) is 0 Å². The molecule has 6 nitrogen and oxygen atoms in total. The maximum Gasteiger partial charge on any atom is 0.258 e. The molecule has 2 heterocycles. The van der Waals surface area contributed by atoms with Crippen LogP contribution in [0.5, 0.6) is 0 Å². The fraction of sp³-hybridized carbons (Fsp3) is 0.333. The highest BCUT2D eigenvalue weighted by atomic mass is 35.5. The van der Waals surface area contributed by atoms with Crippen molar-refractivity contribution in [2.75, 3.05) is 0 Å². The molecule has 0 fully saturated rings.